The van der Waals surface area contributed by atoms with E-state index in [-0.39, 0.29) is 17.5 Å². The summed E-state index contributed by atoms with van der Waals surface area (Å²) in [5, 5.41) is 0. The zero-order valence-electron chi connectivity index (χ0n) is 11.5. The largest absolute Gasteiger partial charge is 0.330 e. The molecule has 0 aliphatic rings. The number of hydrogen-bond donors (Lipinski definition) is 1. The fourth-order valence-corrected chi connectivity index (χ4v) is 1.86. The average molecular weight is 271 g/mol. The highest BCUT2D eigenvalue weighted by Gasteiger charge is 2.19. The Labute approximate surface area is 117 Å². The zero-order valence-corrected chi connectivity index (χ0v) is 11.5. The molecule has 0 atom stereocenters. The number of aromatic nitrogens is 2. The minimum Gasteiger partial charge on any atom is -0.330 e. The highest BCUT2D eigenvalue weighted by molar-refractivity contribution is 5.94. The van der Waals surface area contributed by atoms with Crippen LogP contribution in [-0.4, -0.2) is 26.8 Å². The van der Waals surface area contributed by atoms with Gasteiger partial charge in [0.05, 0.1) is 17.8 Å². The summed E-state index contributed by atoms with van der Waals surface area (Å²) in [5.41, 5.74) is 1.08. The number of H-pyrrole nitrogens is 1. The van der Waals surface area contributed by atoms with Crippen LogP contribution in [0, 0.1) is 0 Å². The van der Waals surface area contributed by atoms with Gasteiger partial charge in [0.1, 0.15) is 0 Å². The third-order valence-electron chi connectivity index (χ3n) is 2.97. The lowest BCUT2D eigenvalue weighted by atomic mass is 10.2. The van der Waals surface area contributed by atoms with Gasteiger partial charge in [0.15, 0.2) is 0 Å². The first kappa shape index (κ1) is 14.0. The van der Waals surface area contributed by atoms with E-state index in [2.05, 4.69) is 9.97 Å². The van der Waals surface area contributed by atoms with Gasteiger partial charge in [-0.3, -0.25) is 14.6 Å². The van der Waals surface area contributed by atoms with Crippen molar-refractivity contribution in [3.05, 3.63) is 64.3 Å². The van der Waals surface area contributed by atoms with E-state index >= 15 is 0 Å². The summed E-state index contributed by atoms with van der Waals surface area (Å²) < 4.78 is 0. The lowest BCUT2D eigenvalue weighted by Crippen LogP contribution is -2.36. The summed E-state index contributed by atoms with van der Waals surface area (Å²) in [4.78, 5) is 32.0. The molecule has 104 valence electrons. The Balaban J connectivity index is 2.22. The second kappa shape index (κ2) is 6.14. The minimum atomic E-state index is -0.220. The average Bonchev–Trinajstić information content (AvgIpc) is 2.45. The molecule has 0 spiro atoms. The molecule has 1 N–H and O–H groups in total. The number of pyridine rings is 2. The number of carbonyl (C=O) groups is 1. The molecule has 0 radical (unpaired) electrons. The molecule has 0 saturated heterocycles. The van der Waals surface area contributed by atoms with Gasteiger partial charge >= 0.3 is 0 Å². The minimum absolute atomic E-state index is 0.0384. The molecule has 2 aromatic heterocycles. The Bertz CT molecular complexity index is 615. The van der Waals surface area contributed by atoms with Gasteiger partial charge in [0, 0.05) is 24.5 Å². The van der Waals surface area contributed by atoms with Gasteiger partial charge in [-0.15, -0.1) is 0 Å². The van der Waals surface area contributed by atoms with E-state index in [1.54, 1.807) is 11.1 Å². The van der Waals surface area contributed by atoms with E-state index in [1.807, 2.05) is 32.0 Å². The first-order chi connectivity index (χ1) is 9.58. The monoisotopic (exact) mass is 271 g/mol. The number of amides is 1. The molecule has 0 fully saturated rings. The SMILES string of the molecule is CC(C)N(Cc1ccccn1)C(=O)c1ccc(=O)[nH]c1. The van der Waals surface area contributed by atoms with Crippen LogP contribution in [0.25, 0.3) is 0 Å². The Morgan fingerprint density at radius 2 is 2.10 bits per heavy atom. The Morgan fingerprint density at radius 3 is 2.65 bits per heavy atom. The number of nitrogens with one attached hydrogen (secondary N) is 1. The Kier molecular flexibility index (Phi) is 4.30. The number of aromatic amines is 1. The van der Waals surface area contributed by atoms with Crippen molar-refractivity contribution in [2.24, 2.45) is 0 Å². The maximum Gasteiger partial charge on any atom is 0.255 e. The smallest absolute Gasteiger partial charge is 0.255 e. The van der Waals surface area contributed by atoms with Crippen molar-refractivity contribution in [3.8, 4) is 0 Å². The van der Waals surface area contributed by atoms with Crippen LogP contribution in [0.2, 0.25) is 0 Å². The van der Waals surface area contributed by atoms with E-state index in [0.717, 1.165) is 5.69 Å². The third-order valence-corrected chi connectivity index (χ3v) is 2.97. The highest BCUT2D eigenvalue weighted by Crippen LogP contribution is 2.11. The summed E-state index contributed by atoms with van der Waals surface area (Å²) in [6.07, 6.45) is 3.15. The molecule has 0 bridgehead atoms. The van der Waals surface area contributed by atoms with E-state index in [4.69, 9.17) is 0 Å². The molecule has 5 nitrogen and oxygen atoms in total. The number of nitrogens with zero attached hydrogens (tertiary/aromatic N) is 2. The molecule has 20 heavy (non-hydrogen) atoms. The summed E-state index contributed by atoms with van der Waals surface area (Å²) in [6.45, 7) is 4.34. The van der Waals surface area contributed by atoms with E-state index in [1.165, 1.54) is 18.3 Å². The van der Waals surface area contributed by atoms with Crippen molar-refractivity contribution in [3.63, 3.8) is 0 Å². The summed E-state index contributed by atoms with van der Waals surface area (Å²) in [5.74, 6) is -0.123. The molecule has 2 heterocycles. The van der Waals surface area contributed by atoms with Gasteiger partial charge < -0.3 is 9.88 Å². The maximum absolute atomic E-state index is 12.5. The van der Waals surface area contributed by atoms with Gasteiger partial charge in [-0.05, 0) is 32.0 Å². The van der Waals surface area contributed by atoms with Crippen molar-refractivity contribution in [2.45, 2.75) is 26.4 Å². The molecule has 0 aliphatic heterocycles. The third kappa shape index (κ3) is 3.32. The Morgan fingerprint density at radius 1 is 1.30 bits per heavy atom. The summed E-state index contributed by atoms with van der Waals surface area (Å²) in [7, 11) is 0. The first-order valence-corrected chi connectivity index (χ1v) is 6.47. The fourth-order valence-electron chi connectivity index (χ4n) is 1.86. The number of hydrogen-bond acceptors (Lipinski definition) is 3. The Hall–Kier alpha value is -2.43. The molecular formula is C15H17N3O2. The van der Waals surface area contributed by atoms with Gasteiger partial charge in [-0.25, -0.2) is 0 Å². The van der Waals surface area contributed by atoms with Gasteiger partial charge in [-0.2, -0.15) is 0 Å². The predicted molar refractivity (Wildman–Crippen MR) is 76.3 cm³/mol. The van der Waals surface area contributed by atoms with Crippen molar-refractivity contribution in [2.75, 3.05) is 0 Å². The molecular weight excluding hydrogens is 254 g/mol. The molecule has 0 saturated carbocycles. The van der Waals surface area contributed by atoms with Crippen molar-refractivity contribution < 1.29 is 4.79 Å². The van der Waals surface area contributed by atoms with Crippen molar-refractivity contribution in [1.82, 2.24) is 14.9 Å². The second-order valence-corrected chi connectivity index (χ2v) is 4.79. The van der Waals surface area contributed by atoms with Crippen LogP contribution >= 0.6 is 0 Å². The van der Waals surface area contributed by atoms with Crippen LogP contribution in [0.4, 0.5) is 0 Å². The van der Waals surface area contributed by atoms with Gasteiger partial charge in [0.2, 0.25) is 5.56 Å². The lowest BCUT2D eigenvalue weighted by molar-refractivity contribution is 0.0687. The van der Waals surface area contributed by atoms with Crippen molar-refractivity contribution in [1.29, 1.82) is 0 Å². The maximum atomic E-state index is 12.5. The van der Waals surface area contributed by atoms with Crippen LogP contribution in [-0.2, 0) is 6.54 Å². The molecule has 0 aliphatic carbocycles. The van der Waals surface area contributed by atoms with Crippen LogP contribution in [0.15, 0.2) is 47.5 Å². The highest BCUT2D eigenvalue weighted by atomic mass is 16.2. The normalized spacial score (nSPS) is 10.6. The standard InChI is InChI=1S/C15H17N3O2/c1-11(2)18(10-13-5-3-4-8-16-13)15(20)12-6-7-14(19)17-9-12/h3-9,11H,10H2,1-2H3,(H,17,19). The lowest BCUT2D eigenvalue weighted by Gasteiger charge is -2.26. The summed E-state index contributed by atoms with van der Waals surface area (Å²) >= 11 is 0. The zero-order chi connectivity index (χ0) is 14.5. The number of carbonyl (C=O) groups excluding carboxylic acids is 1. The fraction of sp³-hybridized carbons (Fsp3) is 0.267. The number of rotatable bonds is 4. The molecule has 2 rings (SSSR count). The second-order valence-electron chi connectivity index (χ2n) is 4.79. The molecule has 0 unspecified atom stereocenters. The van der Waals surface area contributed by atoms with Crippen LogP contribution in [0.5, 0.6) is 0 Å². The predicted octanol–water partition coefficient (Wildman–Crippen LogP) is 1.82. The first-order valence-electron chi connectivity index (χ1n) is 6.47. The summed E-state index contributed by atoms with van der Waals surface area (Å²) in [6, 6.07) is 8.55. The van der Waals surface area contributed by atoms with Gasteiger partial charge in [0.25, 0.3) is 5.91 Å². The topological polar surface area (TPSA) is 66.1 Å². The molecule has 1 amide bonds. The van der Waals surface area contributed by atoms with Crippen molar-refractivity contribution >= 4 is 5.91 Å². The van der Waals surface area contributed by atoms with E-state index < -0.39 is 0 Å². The van der Waals surface area contributed by atoms with E-state index in [0.29, 0.717) is 12.1 Å². The van der Waals surface area contributed by atoms with Crippen LogP contribution < -0.4 is 5.56 Å². The van der Waals surface area contributed by atoms with E-state index in [9.17, 15) is 9.59 Å². The molecule has 0 aromatic carbocycles. The van der Waals surface area contributed by atoms with Crippen LogP contribution in [0.3, 0.4) is 0 Å². The molecule has 5 heteroatoms. The van der Waals surface area contributed by atoms with Crippen LogP contribution in [0.1, 0.15) is 29.9 Å². The quantitative estimate of drug-likeness (QED) is 0.922. The molecule has 2 aromatic rings. The van der Waals surface area contributed by atoms with Gasteiger partial charge in [-0.1, -0.05) is 6.07 Å².